The van der Waals surface area contributed by atoms with Crippen molar-refractivity contribution in [2.24, 2.45) is 0 Å². The van der Waals surface area contributed by atoms with E-state index in [-0.39, 0.29) is 31.5 Å². The van der Waals surface area contributed by atoms with E-state index in [9.17, 15) is 19.0 Å². The van der Waals surface area contributed by atoms with Crippen LogP contribution in [0.3, 0.4) is 0 Å². The third-order valence-corrected chi connectivity index (χ3v) is 13.2. The minimum atomic E-state index is -4.45. The zero-order valence-corrected chi connectivity index (χ0v) is 46.0. The number of hydrogen-bond acceptors (Lipinski definition) is 6. The van der Waals surface area contributed by atoms with Gasteiger partial charge in [-0.15, -0.1) is 0 Å². The maximum Gasteiger partial charge on any atom is 0.472 e. The number of rotatable bonds is 50. The third-order valence-electron chi connectivity index (χ3n) is 12.2. The van der Waals surface area contributed by atoms with E-state index in [4.69, 9.17) is 13.8 Å². The molecule has 9 nitrogen and oxygen atoms in total. The highest BCUT2D eigenvalue weighted by Crippen LogP contribution is 2.43. The zero-order valence-electron chi connectivity index (χ0n) is 45.1. The van der Waals surface area contributed by atoms with Gasteiger partial charge in [-0.25, -0.2) is 4.57 Å². The van der Waals surface area contributed by atoms with Crippen LogP contribution >= 0.6 is 7.82 Å². The molecule has 0 heterocycles. The van der Waals surface area contributed by atoms with Gasteiger partial charge in [-0.2, -0.15) is 0 Å². The summed E-state index contributed by atoms with van der Waals surface area (Å²) in [6.45, 7) is 6.86. The van der Waals surface area contributed by atoms with Crippen molar-refractivity contribution in [3.05, 3.63) is 60.8 Å². The van der Waals surface area contributed by atoms with Crippen molar-refractivity contribution in [3.63, 3.8) is 0 Å². The Bertz CT molecular complexity index is 1350. The molecule has 68 heavy (non-hydrogen) atoms. The SMILES string of the molecule is CC/C=C/C/C=C/CCCCCCCCCC(=O)OC(/C=C/CCCCCCCCCCC)C(COP(=O)(O)OCC[N+](C)(C)C)NC(=O)CCCCCCCCC/C=C\C/C=C\CCCCC. The lowest BCUT2D eigenvalue weighted by Crippen LogP contribution is -2.47. The average Bonchev–Trinajstić information content (AvgIpc) is 3.29. The van der Waals surface area contributed by atoms with Crippen molar-refractivity contribution in [3.8, 4) is 0 Å². The van der Waals surface area contributed by atoms with Gasteiger partial charge in [0.15, 0.2) is 0 Å². The van der Waals surface area contributed by atoms with Gasteiger partial charge in [-0.1, -0.05) is 204 Å². The highest BCUT2D eigenvalue weighted by Gasteiger charge is 2.30. The lowest BCUT2D eigenvalue weighted by molar-refractivity contribution is -0.870. The number of ether oxygens (including phenoxy) is 1. The number of unbranched alkanes of at least 4 members (excludes halogenated alkanes) is 26. The van der Waals surface area contributed by atoms with Crippen molar-refractivity contribution < 1.29 is 37.3 Å². The van der Waals surface area contributed by atoms with Crippen LogP contribution in [0.4, 0.5) is 0 Å². The Morgan fingerprint density at radius 1 is 0.529 bits per heavy atom. The fraction of sp³-hybridized carbons (Fsp3) is 0.793. The Morgan fingerprint density at radius 2 is 0.941 bits per heavy atom. The highest BCUT2D eigenvalue weighted by atomic mass is 31.2. The maximum atomic E-state index is 13.5. The molecule has 0 rings (SSSR count). The van der Waals surface area contributed by atoms with Crippen LogP contribution in [-0.2, 0) is 27.9 Å². The second-order valence-corrected chi connectivity index (χ2v) is 21.5. The van der Waals surface area contributed by atoms with Crippen molar-refractivity contribution in [2.45, 2.75) is 258 Å². The summed E-state index contributed by atoms with van der Waals surface area (Å²) in [6, 6.07) is -0.855. The second kappa shape index (κ2) is 48.3. The molecular formula is C58H108N2O7P+. The number of hydrogen-bond donors (Lipinski definition) is 2. The van der Waals surface area contributed by atoms with Gasteiger partial charge in [0.2, 0.25) is 5.91 Å². The molecule has 0 aromatic heterocycles. The van der Waals surface area contributed by atoms with E-state index in [0.29, 0.717) is 17.4 Å². The van der Waals surface area contributed by atoms with Crippen molar-refractivity contribution in [2.75, 3.05) is 40.9 Å². The minimum absolute atomic E-state index is 0.0358. The van der Waals surface area contributed by atoms with Crippen molar-refractivity contribution >= 4 is 19.7 Å². The Balaban J connectivity index is 5.35. The molecule has 2 N–H and O–H groups in total. The van der Waals surface area contributed by atoms with Crippen LogP contribution in [0.25, 0.3) is 0 Å². The molecule has 3 unspecified atom stereocenters. The number of nitrogens with one attached hydrogen (secondary N) is 1. The lowest BCUT2D eigenvalue weighted by Gasteiger charge is -2.27. The molecule has 3 atom stereocenters. The predicted molar refractivity (Wildman–Crippen MR) is 291 cm³/mol. The summed E-state index contributed by atoms with van der Waals surface area (Å²) in [5.41, 5.74) is 0. The Labute approximate surface area is 420 Å². The van der Waals surface area contributed by atoms with E-state index in [1.165, 1.54) is 109 Å². The van der Waals surface area contributed by atoms with Crippen LogP contribution < -0.4 is 5.32 Å². The van der Waals surface area contributed by atoms with Crippen LogP contribution in [0.15, 0.2) is 60.8 Å². The van der Waals surface area contributed by atoms with E-state index in [1.807, 2.05) is 33.3 Å². The molecule has 1 amide bonds. The number of likely N-dealkylation sites (N-methyl/N-ethyl adjacent to an activating group) is 1. The first-order chi connectivity index (χ1) is 32.9. The Hall–Kier alpha value is -2.29. The first-order valence-corrected chi connectivity index (χ1v) is 29.6. The number of phosphoric ester groups is 1. The number of nitrogens with zero attached hydrogens (tertiary/aromatic N) is 1. The number of amides is 1. The van der Waals surface area contributed by atoms with Crippen LogP contribution in [0.5, 0.6) is 0 Å². The van der Waals surface area contributed by atoms with Crippen LogP contribution in [0, 0.1) is 0 Å². The van der Waals surface area contributed by atoms with Gasteiger partial charge in [0.05, 0.1) is 33.8 Å². The number of phosphoric acid groups is 1. The Morgan fingerprint density at radius 3 is 1.43 bits per heavy atom. The fourth-order valence-electron chi connectivity index (χ4n) is 7.83. The van der Waals surface area contributed by atoms with E-state index < -0.39 is 20.0 Å². The molecular weight excluding hydrogens is 868 g/mol. The number of allylic oxidation sites excluding steroid dienone is 9. The predicted octanol–water partition coefficient (Wildman–Crippen LogP) is 16.7. The molecule has 0 radical (unpaired) electrons. The molecule has 0 aliphatic carbocycles. The van der Waals surface area contributed by atoms with Gasteiger partial charge in [0, 0.05) is 12.8 Å². The quantitative estimate of drug-likeness (QED) is 0.0205. The fourth-order valence-corrected chi connectivity index (χ4v) is 8.57. The number of quaternary nitrogens is 1. The number of carbonyl (C=O) groups is 2. The zero-order chi connectivity index (χ0) is 50.1. The molecule has 0 saturated heterocycles. The minimum Gasteiger partial charge on any atom is -0.456 e. The Kier molecular flexibility index (Phi) is 46.7. The third kappa shape index (κ3) is 48.7. The summed E-state index contributed by atoms with van der Waals surface area (Å²) in [5.74, 6) is -0.524. The molecule has 0 aromatic rings. The van der Waals surface area contributed by atoms with Gasteiger partial charge in [-0.05, 0) is 89.5 Å². The summed E-state index contributed by atoms with van der Waals surface area (Å²) in [5, 5.41) is 3.04. The van der Waals surface area contributed by atoms with Gasteiger partial charge in [-0.3, -0.25) is 18.6 Å². The van der Waals surface area contributed by atoms with E-state index in [2.05, 4.69) is 74.7 Å². The van der Waals surface area contributed by atoms with Gasteiger partial charge in [0.25, 0.3) is 0 Å². The summed E-state index contributed by atoms with van der Waals surface area (Å²) < 4.78 is 30.6. The monoisotopic (exact) mass is 976 g/mol. The highest BCUT2D eigenvalue weighted by molar-refractivity contribution is 7.47. The van der Waals surface area contributed by atoms with E-state index in [0.717, 1.165) is 103 Å². The maximum absolute atomic E-state index is 13.5. The van der Waals surface area contributed by atoms with Gasteiger partial charge in [0.1, 0.15) is 19.3 Å². The molecule has 0 fully saturated rings. The summed E-state index contributed by atoms with van der Waals surface area (Å²) >= 11 is 0. The smallest absolute Gasteiger partial charge is 0.456 e. The number of carbonyl (C=O) groups excluding carboxylic acids is 2. The summed E-state index contributed by atoms with van der Waals surface area (Å²) in [6.07, 6.45) is 59.2. The molecule has 0 saturated carbocycles. The molecule has 0 aliphatic heterocycles. The molecule has 0 spiro atoms. The largest absolute Gasteiger partial charge is 0.472 e. The number of esters is 1. The molecule has 0 aromatic carbocycles. The normalized spacial score (nSPS) is 14.3. The molecule has 0 aliphatic rings. The van der Waals surface area contributed by atoms with E-state index in [1.54, 1.807) is 0 Å². The molecule has 396 valence electrons. The first-order valence-electron chi connectivity index (χ1n) is 28.1. The van der Waals surface area contributed by atoms with Gasteiger partial charge < -0.3 is 19.4 Å². The summed E-state index contributed by atoms with van der Waals surface area (Å²) in [4.78, 5) is 37.5. The average molecular weight is 976 g/mol. The van der Waals surface area contributed by atoms with E-state index >= 15 is 0 Å². The van der Waals surface area contributed by atoms with Crippen LogP contribution in [-0.4, -0.2) is 74.3 Å². The van der Waals surface area contributed by atoms with Gasteiger partial charge >= 0.3 is 13.8 Å². The standard InChI is InChI=1S/C58H107N2O7P/c1-7-10-13-16-19-22-25-27-29-30-31-32-35-38-41-44-47-50-57(61)59-55(54-66-68(63,64)65-53-52-60(4,5)6)56(49-46-43-40-37-34-24-21-18-15-12-9-3)67-58(62)51-48-45-42-39-36-33-28-26-23-20-17-14-11-8-2/h11,14,19-20,22-23,27,29,46,49,55-56H,7-10,12-13,15-18,21,24-26,28,30-45,47-48,50-54H2,1-6H3,(H-,59,61,63,64)/p+1/b14-11+,22-19-,23-20+,29-27-,49-46+. The topological polar surface area (TPSA) is 111 Å². The van der Waals surface area contributed by atoms with Crippen molar-refractivity contribution in [1.82, 2.24) is 5.32 Å². The lowest BCUT2D eigenvalue weighted by atomic mass is 10.1. The first kappa shape index (κ1) is 65.7. The molecule has 0 bridgehead atoms. The second-order valence-electron chi connectivity index (χ2n) is 20.1. The summed E-state index contributed by atoms with van der Waals surface area (Å²) in [7, 11) is 1.48. The van der Waals surface area contributed by atoms with Crippen LogP contribution in [0.2, 0.25) is 0 Å². The van der Waals surface area contributed by atoms with Crippen molar-refractivity contribution in [1.29, 1.82) is 0 Å². The molecule has 10 heteroatoms. The van der Waals surface area contributed by atoms with Crippen LogP contribution in [0.1, 0.15) is 245 Å².